The standard InChI is InChI=1S/C18H12F3N3O4/c19-18(20,21)27-14-7-1-11(2-8-14)15-9-16(24-28-15)26-13-5-3-12(4-6-13)17-23-22-10-25-17/h1-10,15,24H/t15-/m0/s1. The molecule has 3 aromatic rings. The van der Waals surface area contributed by atoms with E-state index in [1.807, 2.05) is 0 Å². The molecular weight excluding hydrogens is 379 g/mol. The second-order valence-electron chi connectivity index (χ2n) is 5.66. The van der Waals surface area contributed by atoms with Crippen molar-refractivity contribution in [2.75, 3.05) is 0 Å². The van der Waals surface area contributed by atoms with Gasteiger partial charge in [0.2, 0.25) is 18.2 Å². The van der Waals surface area contributed by atoms with E-state index in [-0.39, 0.29) is 5.75 Å². The van der Waals surface area contributed by atoms with Crippen molar-refractivity contribution in [1.82, 2.24) is 15.7 Å². The molecule has 1 aliphatic heterocycles. The van der Waals surface area contributed by atoms with E-state index in [2.05, 4.69) is 20.4 Å². The summed E-state index contributed by atoms with van der Waals surface area (Å²) in [6.07, 6.45) is -2.35. The summed E-state index contributed by atoms with van der Waals surface area (Å²) >= 11 is 0. The SMILES string of the molecule is FC(F)(F)Oc1ccc([C@@H]2C=C(Oc3ccc(-c4nnco4)cc3)NO2)cc1. The van der Waals surface area contributed by atoms with E-state index in [4.69, 9.17) is 14.0 Å². The van der Waals surface area contributed by atoms with Crippen LogP contribution in [0.5, 0.6) is 11.5 Å². The molecule has 2 aromatic carbocycles. The monoisotopic (exact) mass is 391 g/mol. The maximum absolute atomic E-state index is 12.2. The van der Waals surface area contributed by atoms with Crippen LogP contribution in [-0.4, -0.2) is 16.6 Å². The van der Waals surface area contributed by atoms with Crippen LogP contribution in [0, 0.1) is 0 Å². The van der Waals surface area contributed by atoms with Gasteiger partial charge in [-0.1, -0.05) is 12.1 Å². The minimum atomic E-state index is -4.73. The molecule has 0 amide bonds. The van der Waals surface area contributed by atoms with Gasteiger partial charge in [-0.3, -0.25) is 4.84 Å². The zero-order chi connectivity index (χ0) is 19.6. The van der Waals surface area contributed by atoms with Crippen LogP contribution in [0.15, 0.2) is 71.3 Å². The first kappa shape index (κ1) is 17.9. The Labute approximate surface area is 156 Å². The molecule has 1 atom stereocenters. The molecule has 0 fully saturated rings. The van der Waals surface area contributed by atoms with Crippen LogP contribution in [0.1, 0.15) is 11.7 Å². The summed E-state index contributed by atoms with van der Waals surface area (Å²) in [4.78, 5) is 5.38. The molecule has 7 nitrogen and oxygen atoms in total. The summed E-state index contributed by atoms with van der Waals surface area (Å²) in [6, 6.07) is 12.4. The minimum absolute atomic E-state index is 0.302. The highest BCUT2D eigenvalue weighted by atomic mass is 19.4. The first-order valence-electron chi connectivity index (χ1n) is 8.00. The molecule has 0 saturated carbocycles. The topological polar surface area (TPSA) is 78.6 Å². The van der Waals surface area contributed by atoms with Gasteiger partial charge in [-0.25, -0.2) is 5.48 Å². The van der Waals surface area contributed by atoms with Gasteiger partial charge < -0.3 is 13.9 Å². The van der Waals surface area contributed by atoms with Crippen molar-refractivity contribution in [2.45, 2.75) is 12.5 Å². The van der Waals surface area contributed by atoms with E-state index in [0.717, 1.165) is 5.56 Å². The molecule has 0 aliphatic carbocycles. The highest BCUT2D eigenvalue weighted by Crippen LogP contribution is 2.29. The molecule has 2 heterocycles. The van der Waals surface area contributed by atoms with E-state index < -0.39 is 12.5 Å². The molecular formula is C18H12F3N3O4. The minimum Gasteiger partial charge on any atom is -0.439 e. The molecule has 4 rings (SSSR count). The second-order valence-corrected chi connectivity index (χ2v) is 5.66. The van der Waals surface area contributed by atoms with Crippen LogP contribution < -0.4 is 15.0 Å². The molecule has 10 heteroatoms. The van der Waals surface area contributed by atoms with Crippen molar-refractivity contribution in [3.63, 3.8) is 0 Å². The van der Waals surface area contributed by atoms with Crippen LogP contribution in [0.2, 0.25) is 0 Å². The third-order valence-electron chi connectivity index (χ3n) is 3.72. The molecule has 0 spiro atoms. The fourth-order valence-corrected chi connectivity index (χ4v) is 2.50. The zero-order valence-electron chi connectivity index (χ0n) is 14.0. The lowest BCUT2D eigenvalue weighted by atomic mass is 10.1. The molecule has 144 valence electrons. The Bertz CT molecular complexity index is 955. The quantitative estimate of drug-likeness (QED) is 0.701. The molecule has 1 aliphatic rings. The number of nitrogens with zero attached hydrogens (tertiary/aromatic N) is 2. The Balaban J connectivity index is 1.40. The average Bonchev–Trinajstić information content (AvgIpc) is 3.34. The largest absolute Gasteiger partial charge is 0.573 e. The van der Waals surface area contributed by atoms with Gasteiger partial charge in [-0.15, -0.1) is 23.4 Å². The van der Waals surface area contributed by atoms with Gasteiger partial charge >= 0.3 is 6.36 Å². The predicted octanol–water partition coefficient (Wildman–Crippen LogP) is 4.13. The van der Waals surface area contributed by atoms with Crippen LogP contribution in [-0.2, 0) is 4.84 Å². The normalized spacial score (nSPS) is 16.4. The number of hydrogen-bond donors (Lipinski definition) is 1. The van der Waals surface area contributed by atoms with E-state index in [1.165, 1.54) is 30.7 Å². The fraction of sp³-hybridized carbons (Fsp3) is 0.111. The van der Waals surface area contributed by atoms with Crippen molar-refractivity contribution < 1.29 is 31.9 Å². The molecule has 0 radical (unpaired) electrons. The third-order valence-corrected chi connectivity index (χ3v) is 3.72. The average molecular weight is 391 g/mol. The number of alkyl halides is 3. The number of rotatable bonds is 5. The number of aromatic nitrogens is 2. The number of nitrogens with one attached hydrogen (secondary N) is 1. The van der Waals surface area contributed by atoms with Crippen molar-refractivity contribution in [1.29, 1.82) is 0 Å². The van der Waals surface area contributed by atoms with Crippen molar-refractivity contribution >= 4 is 0 Å². The molecule has 0 bridgehead atoms. The van der Waals surface area contributed by atoms with Gasteiger partial charge in [0, 0.05) is 11.6 Å². The molecule has 0 saturated heterocycles. The maximum atomic E-state index is 12.2. The lowest BCUT2D eigenvalue weighted by Crippen LogP contribution is -2.17. The third kappa shape index (κ3) is 4.23. The lowest BCUT2D eigenvalue weighted by molar-refractivity contribution is -0.274. The summed E-state index contributed by atoms with van der Waals surface area (Å²) in [7, 11) is 0. The first-order chi connectivity index (χ1) is 13.5. The first-order valence-corrected chi connectivity index (χ1v) is 8.00. The van der Waals surface area contributed by atoms with E-state index >= 15 is 0 Å². The van der Waals surface area contributed by atoms with Gasteiger partial charge in [0.15, 0.2) is 0 Å². The molecule has 1 N–H and O–H groups in total. The maximum Gasteiger partial charge on any atom is 0.573 e. The number of ether oxygens (including phenoxy) is 2. The number of benzene rings is 2. The Hall–Kier alpha value is -3.53. The van der Waals surface area contributed by atoms with E-state index in [9.17, 15) is 13.2 Å². The summed E-state index contributed by atoms with van der Waals surface area (Å²) in [6.45, 7) is 0. The van der Waals surface area contributed by atoms with Gasteiger partial charge in [0.05, 0.1) is 0 Å². The second kappa shape index (κ2) is 7.24. The Morgan fingerprint density at radius 3 is 2.32 bits per heavy atom. The number of hydrogen-bond acceptors (Lipinski definition) is 7. The van der Waals surface area contributed by atoms with Gasteiger partial charge in [-0.05, 0) is 42.0 Å². The Morgan fingerprint density at radius 1 is 0.964 bits per heavy atom. The van der Waals surface area contributed by atoms with Crippen LogP contribution >= 0.6 is 0 Å². The Kier molecular flexibility index (Phi) is 4.62. The summed E-state index contributed by atoms with van der Waals surface area (Å²) in [5.41, 5.74) is 4.01. The van der Waals surface area contributed by atoms with Gasteiger partial charge in [0.25, 0.3) is 0 Å². The predicted molar refractivity (Wildman–Crippen MR) is 88.5 cm³/mol. The van der Waals surface area contributed by atoms with Gasteiger partial charge in [0.1, 0.15) is 17.6 Å². The van der Waals surface area contributed by atoms with Crippen molar-refractivity contribution in [3.05, 3.63) is 72.4 Å². The Morgan fingerprint density at radius 2 is 1.68 bits per heavy atom. The number of halogens is 3. The van der Waals surface area contributed by atoms with E-state index in [1.54, 1.807) is 30.3 Å². The number of hydroxylamine groups is 1. The van der Waals surface area contributed by atoms with Crippen LogP contribution in [0.3, 0.4) is 0 Å². The van der Waals surface area contributed by atoms with Crippen LogP contribution in [0.25, 0.3) is 11.5 Å². The van der Waals surface area contributed by atoms with Crippen LogP contribution in [0.4, 0.5) is 13.2 Å². The molecule has 0 unspecified atom stereocenters. The van der Waals surface area contributed by atoms with Crippen molar-refractivity contribution in [3.8, 4) is 23.0 Å². The lowest BCUT2D eigenvalue weighted by Gasteiger charge is -2.11. The zero-order valence-corrected chi connectivity index (χ0v) is 14.0. The summed E-state index contributed by atoms with van der Waals surface area (Å²) < 4.78 is 51.3. The summed E-state index contributed by atoms with van der Waals surface area (Å²) in [5.74, 6) is 0.987. The molecule has 28 heavy (non-hydrogen) atoms. The van der Waals surface area contributed by atoms with E-state index in [0.29, 0.717) is 23.1 Å². The smallest absolute Gasteiger partial charge is 0.439 e. The molecule has 1 aromatic heterocycles. The van der Waals surface area contributed by atoms with Gasteiger partial charge in [-0.2, -0.15) is 0 Å². The highest BCUT2D eigenvalue weighted by molar-refractivity contribution is 5.53. The highest BCUT2D eigenvalue weighted by Gasteiger charge is 2.31. The fourth-order valence-electron chi connectivity index (χ4n) is 2.50. The summed E-state index contributed by atoms with van der Waals surface area (Å²) in [5, 5.41) is 7.43. The van der Waals surface area contributed by atoms with Crippen molar-refractivity contribution in [2.24, 2.45) is 0 Å².